The Hall–Kier alpha value is -1.03. The molecule has 1 aromatic rings. The molecule has 104 valence electrons. The van der Waals surface area contributed by atoms with Gasteiger partial charge in [-0.1, -0.05) is 28.1 Å². The summed E-state index contributed by atoms with van der Waals surface area (Å²) in [5.74, 6) is 1.55. The Morgan fingerprint density at radius 2 is 2.32 bits per heavy atom. The molecule has 1 saturated heterocycles. The van der Waals surface area contributed by atoms with Crippen LogP contribution in [0.15, 0.2) is 24.3 Å². The molecule has 0 aliphatic carbocycles. The van der Waals surface area contributed by atoms with Gasteiger partial charge < -0.3 is 9.64 Å². The average molecular weight is 326 g/mol. The third-order valence-corrected chi connectivity index (χ3v) is 4.49. The van der Waals surface area contributed by atoms with Crippen molar-refractivity contribution in [1.29, 1.82) is 0 Å². The number of alkyl halides is 1. The predicted octanol–water partition coefficient (Wildman–Crippen LogP) is 3.39. The molecule has 0 radical (unpaired) electrons. The highest BCUT2D eigenvalue weighted by Crippen LogP contribution is 2.30. The minimum Gasteiger partial charge on any atom is -0.494 e. The second kappa shape index (κ2) is 6.42. The van der Waals surface area contributed by atoms with E-state index in [0.29, 0.717) is 18.9 Å². The lowest BCUT2D eigenvalue weighted by Gasteiger charge is -2.25. The molecule has 3 nitrogen and oxygen atoms in total. The number of rotatable bonds is 5. The molecule has 1 fully saturated rings. The lowest BCUT2D eigenvalue weighted by molar-refractivity contribution is -0.129. The molecule has 1 aliphatic rings. The maximum Gasteiger partial charge on any atom is 0.223 e. The van der Waals surface area contributed by atoms with Crippen molar-refractivity contribution in [2.75, 3.05) is 18.5 Å². The highest BCUT2D eigenvalue weighted by Gasteiger charge is 2.32. The van der Waals surface area contributed by atoms with Crippen LogP contribution >= 0.6 is 15.9 Å². The number of amides is 1. The zero-order valence-corrected chi connectivity index (χ0v) is 13.0. The van der Waals surface area contributed by atoms with Gasteiger partial charge in [-0.3, -0.25) is 4.79 Å². The lowest BCUT2D eigenvalue weighted by atomic mass is 10.1. The van der Waals surface area contributed by atoms with E-state index in [0.717, 1.165) is 23.2 Å². The van der Waals surface area contributed by atoms with Crippen LogP contribution in [-0.4, -0.2) is 29.3 Å². The number of carbonyl (C=O) groups is 1. The van der Waals surface area contributed by atoms with Gasteiger partial charge in [-0.2, -0.15) is 0 Å². The van der Waals surface area contributed by atoms with Crippen molar-refractivity contribution in [2.45, 2.75) is 26.3 Å². The van der Waals surface area contributed by atoms with Crippen LogP contribution in [0.1, 0.15) is 31.9 Å². The van der Waals surface area contributed by atoms with Crippen LogP contribution in [-0.2, 0) is 4.79 Å². The third kappa shape index (κ3) is 3.30. The summed E-state index contributed by atoms with van der Waals surface area (Å²) in [4.78, 5) is 14.0. The molecule has 19 heavy (non-hydrogen) atoms. The van der Waals surface area contributed by atoms with E-state index in [1.54, 1.807) is 0 Å². The van der Waals surface area contributed by atoms with E-state index in [-0.39, 0.29) is 11.9 Å². The van der Waals surface area contributed by atoms with Crippen LogP contribution in [0.4, 0.5) is 0 Å². The fourth-order valence-electron chi connectivity index (χ4n) is 2.50. The van der Waals surface area contributed by atoms with E-state index in [9.17, 15) is 4.79 Å². The zero-order valence-electron chi connectivity index (χ0n) is 11.4. The van der Waals surface area contributed by atoms with Crippen molar-refractivity contribution in [1.82, 2.24) is 4.90 Å². The highest BCUT2D eigenvalue weighted by atomic mass is 79.9. The number of likely N-dealkylation sites (tertiary alicyclic amines) is 1. The quantitative estimate of drug-likeness (QED) is 0.776. The van der Waals surface area contributed by atoms with Crippen LogP contribution < -0.4 is 4.74 Å². The molecular formula is C15H20BrNO2. The average Bonchev–Trinajstić information content (AvgIpc) is 2.80. The lowest BCUT2D eigenvalue weighted by Crippen LogP contribution is -2.28. The normalized spacial score (nSPS) is 20.7. The Labute approximate surface area is 123 Å². The van der Waals surface area contributed by atoms with Crippen LogP contribution in [0.2, 0.25) is 0 Å². The summed E-state index contributed by atoms with van der Waals surface area (Å²) in [6.07, 6.45) is 0.654. The summed E-state index contributed by atoms with van der Waals surface area (Å²) in [5, 5.41) is 0.890. The van der Waals surface area contributed by atoms with Gasteiger partial charge in [-0.05, 0) is 37.5 Å². The van der Waals surface area contributed by atoms with Crippen LogP contribution in [0.5, 0.6) is 5.75 Å². The largest absolute Gasteiger partial charge is 0.494 e. The van der Waals surface area contributed by atoms with Crippen LogP contribution in [0.3, 0.4) is 0 Å². The Morgan fingerprint density at radius 1 is 1.53 bits per heavy atom. The summed E-state index contributed by atoms with van der Waals surface area (Å²) in [5.41, 5.74) is 1.13. The zero-order chi connectivity index (χ0) is 13.8. The first-order valence-electron chi connectivity index (χ1n) is 6.74. The monoisotopic (exact) mass is 325 g/mol. The SMILES string of the molecule is CCOc1cccc(C(C)N2CC(CBr)CC2=O)c1. The molecule has 0 spiro atoms. The highest BCUT2D eigenvalue weighted by molar-refractivity contribution is 9.09. The topological polar surface area (TPSA) is 29.5 Å². The summed E-state index contributed by atoms with van der Waals surface area (Å²) >= 11 is 3.47. The molecule has 0 saturated carbocycles. The molecule has 0 bridgehead atoms. The first-order chi connectivity index (χ1) is 9.15. The second-order valence-corrected chi connectivity index (χ2v) is 5.60. The minimum absolute atomic E-state index is 0.108. The van der Waals surface area contributed by atoms with Crippen molar-refractivity contribution < 1.29 is 9.53 Å². The van der Waals surface area contributed by atoms with E-state index in [4.69, 9.17) is 4.74 Å². The van der Waals surface area contributed by atoms with E-state index >= 15 is 0 Å². The molecule has 1 aliphatic heterocycles. The molecular weight excluding hydrogens is 306 g/mol. The van der Waals surface area contributed by atoms with Gasteiger partial charge in [0.2, 0.25) is 5.91 Å². The van der Waals surface area contributed by atoms with Crippen molar-refractivity contribution in [3.63, 3.8) is 0 Å². The Morgan fingerprint density at radius 3 is 2.95 bits per heavy atom. The van der Waals surface area contributed by atoms with Crippen molar-refractivity contribution in [2.24, 2.45) is 5.92 Å². The van der Waals surface area contributed by atoms with E-state index in [1.807, 2.05) is 30.0 Å². The Kier molecular flexibility index (Phi) is 4.86. The van der Waals surface area contributed by atoms with Gasteiger partial charge in [0, 0.05) is 18.3 Å². The first kappa shape index (κ1) is 14.4. The third-order valence-electron chi connectivity index (χ3n) is 3.58. The van der Waals surface area contributed by atoms with Crippen molar-refractivity contribution >= 4 is 21.8 Å². The maximum atomic E-state index is 12.0. The molecule has 4 heteroatoms. The fourth-order valence-corrected chi connectivity index (χ4v) is 2.93. The van der Waals surface area contributed by atoms with Gasteiger partial charge in [0.1, 0.15) is 5.75 Å². The Balaban J connectivity index is 2.13. The van der Waals surface area contributed by atoms with Gasteiger partial charge in [-0.15, -0.1) is 0 Å². The minimum atomic E-state index is 0.108. The molecule has 2 rings (SSSR count). The van der Waals surface area contributed by atoms with Gasteiger partial charge in [0.25, 0.3) is 0 Å². The van der Waals surface area contributed by atoms with Crippen molar-refractivity contribution in [3.8, 4) is 5.75 Å². The van der Waals surface area contributed by atoms with E-state index in [1.165, 1.54) is 0 Å². The molecule has 2 atom stereocenters. The van der Waals surface area contributed by atoms with Gasteiger partial charge in [0.15, 0.2) is 0 Å². The number of nitrogens with zero attached hydrogens (tertiary/aromatic N) is 1. The van der Waals surface area contributed by atoms with Gasteiger partial charge >= 0.3 is 0 Å². The summed E-state index contributed by atoms with van der Waals surface area (Å²) in [6.45, 7) is 5.55. The number of carbonyl (C=O) groups excluding carboxylic acids is 1. The molecule has 0 aromatic heterocycles. The molecule has 1 aromatic carbocycles. The van der Waals surface area contributed by atoms with Gasteiger partial charge in [0.05, 0.1) is 12.6 Å². The summed E-state index contributed by atoms with van der Waals surface area (Å²) in [7, 11) is 0. The first-order valence-corrected chi connectivity index (χ1v) is 7.86. The van der Waals surface area contributed by atoms with Gasteiger partial charge in [-0.25, -0.2) is 0 Å². The number of halogens is 1. The number of benzene rings is 1. The number of hydrogen-bond donors (Lipinski definition) is 0. The maximum absolute atomic E-state index is 12.0. The fraction of sp³-hybridized carbons (Fsp3) is 0.533. The smallest absolute Gasteiger partial charge is 0.223 e. The summed E-state index contributed by atoms with van der Waals surface area (Å²) in [6, 6.07) is 8.13. The van der Waals surface area contributed by atoms with Crippen LogP contribution in [0, 0.1) is 5.92 Å². The summed E-state index contributed by atoms with van der Waals surface area (Å²) < 4.78 is 5.52. The molecule has 1 amide bonds. The standard InChI is InChI=1S/C15H20BrNO2/c1-3-19-14-6-4-5-13(8-14)11(2)17-10-12(9-16)7-15(17)18/h4-6,8,11-12H,3,7,9-10H2,1-2H3. The van der Waals surface area contributed by atoms with E-state index < -0.39 is 0 Å². The molecule has 1 heterocycles. The Bertz CT molecular complexity index is 450. The van der Waals surface area contributed by atoms with E-state index in [2.05, 4.69) is 28.9 Å². The molecule has 2 unspecified atom stereocenters. The number of hydrogen-bond acceptors (Lipinski definition) is 2. The van der Waals surface area contributed by atoms with Crippen molar-refractivity contribution in [3.05, 3.63) is 29.8 Å². The number of ether oxygens (including phenoxy) is 1. The molecule has 0 N–H and O–H groups in total. The van der Waals surface area contributed by atoms with Crippen LogP contribution in [0.25, 0.3) is 0 Å². The predicted molar refractivity (Wildman–Crippen MR) is 79.6 cm³/mol. The second-order valence-electron chi connectivity index (χ2n) is 4.95.